The van der Waals surface area contributed by atoms with Crippen molar-refractivity contribution in [1.29, 1.82) is 0 Å². The zero-order valence-electron chi connectivity index (χ0n) is 16.2. The van der Waals surface area contributed by atoms with Crippen molar-refractivity contribution in [3.63, 3.8) is 0 Å². The van der Waals surface area contributed by atoms with Crippen molar-refractivity contribution in [2.45, 2.75) is 25.9 Å². The molecule has 0 spiro atoms. The number of nitrogens with zero attached hydrogens (tertiary/aromatic N) is 1. The van der Waals surface area contributed by atoms with Crippen LogP contribution in [0.2, 0.25) is 0 Å². The van der Waals surface area contributed by atoms with Gasteiger partial charge in [0.15, 0.2) is 0 Å². The molecule has 1 fully saturated rings. The number of nitrogens with one attached hydrogen (secondary N) is 1. The number of carbonyl (C=O) groups excluding carboxylic acids is 1. The fourth-order valence-electron chi connectivity index (χ4n) is 3.61. The molecule has 1 aromatic heterocycles. The van der Waals surface area contributed by atoms with Gasteiger partial charge in [0.2, 0.25) is 5.91 Å². The molecule has 0 bridgehead atoms. The van der Waals surface area contributed by atoms with Crippen molar-refractivity contribution in [2.24, 2.45) is 0 Å². The second-order valence-electron chi connectivity index (χ2n) is 7.32. The van der Waals surface area contributed by atoms with Gasteiger partial charge >= 0.3 is 0 Å². The Morgan fingerprint density at radius 2 is 2.04 bits per heavy atom. The van der Waals surface area contributed by atoms with E-state index in [2.05, 4.69) is 17.1 Å². The molecule has 28 heavy (non-hydrogen) atoms. The van der Waals surface area contributed by atoms with Gasteiger partial charge in [-0.15, -0.1) is 0 Å². The number of rotatable bonds is 6. The Balaban J connectivity index is 1.28. The van der Waals surface area contributed by atoms with Gasteiger partial charge in [0, 0.05) is 30.1 Å². The van der Waals surface area contributed by atoms with Crippen LogP contribution < -0.4 is 4.74 Å². The van der Waals surface area contributed by atoms with E-state index in [0.717, 1.165) is 17.7 Å². The van der Waals surface area contributed by atoms with E-state index in [4.69, 9.17) is 9.47 Å². The number of aromatic amines is 1. The Morgan fingerprint density at radius 3 is 2.89 bits per heavy atom. The van der Waals surface area contributed by atoms with Crippen LogP contribution in [0.15, 0.2) is 54.7 Å². The average molecular weight is 378 g/mol. The zero-order chi connectivity index (χ0) is 19.3. The van der Waals surface area contributed by atoms with Crippen LogP contribution in [-0.4, -0.2) is 48.2 Å². The minimum absolute atomic E-state index is 0.0907. The predicted molar refractivity (Wildman–Crippen MR) is 110 cm³/mol. The first kappa shape index (κ1) is 18.6. The van der Waals surface area contributed by atoms with E-state index in [0.29, 0.717) is 32.7 Å². The molecule has 4 rings (SSSR count). The van der Waals surface area contributed by atoms with Crippen molar-refractivity contribution in [3.8, 4) is 5.75 Å². The van der Waals surface area contributed by atoms with Crippen LogP contribution in [0.4, 0.5) is 0 Å². The van der Waals surface area contributed by atoms with Crippen LogP contribution in [0, 0.1) is 6.92 Å². The molecule has 5 heteroatoms. The number of para-hydroxylation sites is 1. The van der Waals surface area contributed by atoms with Crippen LogP contribution in [0.1, 0.15) is 17.5 Å². The van der Waals surface area contributed by atoms with Gasteiger partial charge in [0.25, 0.3) is 0 Å². The number of H-pyrrole nitrogens is 1. The van der Waals surface area contributed by atoms with Crippen LogP contribution >= 0.6 is 0 Å². The summed E-state index contributed by atoms with van der Waals surface area (Å²) in [5.41, 5.74) is 3.51. The smallest absolute Gasteiger partial charge is 0.223 e. The molecule has 3 aromatic rings. The summed E-state index contributed by atoms with van der Waals surface area (Å²) in [5.74, 6) is 1.01. The van der Waals surface area contributed by atoms with E-state index in [9.17, 15) is 4.79 Å². The lowest BCUT2D eigenvalue weighted by atomic mass is 10.1. The number of carbonyl (C=O) groups is 1. The average Bonchev–Trinajstić information content (AvgIpc) is 3.15. The van der Waals surface area contributed by atoms with Gasteiger partial charge in [-0.3, -0.25) is 4.79 Å². The van der Waals surface area contributed by atoms with Gasteiger partial charge in [0.05, 0.1) is 13.2 Å². The fourth-order valence-corrected chi connectivity index (χ4v) is 3.61. The maximum Gasteiger partial charge on any atom is 0.223 e. The lowest BCUT2D eigenvalue weighted by Crippen LogP contribution is -2.47. The Labute approximate surface area is 165 Å². The summed E-state index contributed by atoms with van der Waals surface area (Å²) < 4.78 is 11.6. The Bertz CT molecular complexity index is 932. The molecular weight excluding hydrogens is 352 g/mol. The first-order valence-corrected chi connectivity index (χ1v) is 9.83. The first-order valence-electron chi connectivity index (χ1n) is 9.83. The summed E-state index contributed by atoms with van der Waals surface area (Å²) in [6, 6.07) is 16.2. The number of hydrogen-bond acceptors (Lipinski definition) is 3. The molecule has 146 valence electrons. The number of fused-ring (bicyclic) bond motifs is 1. The van der Waals surface area contributed by atoms with Gasteiger partial charge in [-0.1, -0.05) is 35.9 Å². The van der Waals surface area contributed by atoms with Gasteiger partial charge in [-0.25, -0.2) is 0 Å². The third kappa shape index (κ3) is 4.37. The molecule has 2 heterocycles. The molecule has 5 nitrogen and oxygen atoms in total. The molecule has 1 saturated heterocycles. The third-order valence-electron chi connectivity index (χ3n) is 5.23. The Kier molecular flexibility index (Phi) is 5.63. The second-order valence-corrected chi connectivity index (χ2v) is 7.32. The van der Waals surface area contributed by atoms with Gasteiger partial charge in [-0.2, -0.15) is 0 Å². The highest BCUT2D eigenvalue weighted by Crippen LogP contribution is 2.20. The first-order chi connectivity index (χ1) is 13.7. The number of amides is 1. The summed E-state index contributed by atoms with van der Waals surface area (Å²) in [6.45, 7) is 4.29. The standard InChI is InChI=1S/C23H26N2O3/c1-17-6-9-19(10-7-17)28-16-20-15-25(12-13-27-20)23(26)11-8-18-14-24-22-5-3-2-4-21(18)22/h2-7,9-10,14,20,24H,8,11-13,15-16H2,1H3. The van der Waals surface area contributed by atoms with Crippen LogP contribution in [0.3, 0.4) is 0 Å². The van der Waals surface area contributed by atoms with Crippen molar-refractivity contribution >= 4 is 16.8 Å². The van der Waals surface area contributed by atoms with E-state index in [1.165, 1.54) is 16.5 Å². The molecule has 1 unspecified atom stereocenters. The number of morpholine rings is 1. The van der Waals surface area contributed by atoms with E-state index in [-0.39, 0.29) is 12.0 Å². The number of hydrogen-bond donors (Lipinski definition) is 1. The highest BCUT2D eigenvalue weighted by atomic mass is 16.5. The summed E-state index contributed by atoms with van der Waals surface area (Å²) in [7, 11) is 0. The molecule has 1 aliphatic rings. The van der Waals surface area contributed by atoms with Crippen molar-refractivity contribution in [1.82, 2.24) is 9.88 Å². The highest BCUT2D eigenvalue weighted by Gasteiger charge is 2.24. The molecule has 1 N–H and O–H groups in total. The zero-order valence-corrected chi connectivity index (χ0v) is 16.2. The highest BCUT2D eigenvalue weighted by molar-refractivity contribution is 5.84. The summed E-state index contributed by atoms with van der Waals surface area (Å²) >= 11 is 0. The minimum Gasteiger partial charge on any atom is -0.491 e. The van der Waals surface area contributed by atoms with Crippen LogP contribution in [-0.2, 0) is 16.0 Å². The summed E-state index contributed by atoms with van der Waals surface area (Å²) in [5, 5.41) is 1.20. The SMILES string of the molecule is Cc1ccc(OCC2CN(C(=O)CCc3c[nH]c4ccccc34)CCO2)cc1. The molecule has 1 aliphatic heterocycles. The maximum atomic E-state index is 12.7. The van der Waals surface area contributed by atoms with Crippen molar-refractivity contribution in [2.75, 3.05) is 26.3 Å². The summed E-state index contributed by atoms with van der Waals surface area (Å²) in [6.07, 6.45) is 3.17. The molecule has 1 atom stereocenters. The minimum atomic E-state index is -0.0907. The van der Waals surface area contributed by atoms with Crippen molar-refractivity contribution in [3.05, 3.63) is 65.9 Å². The Hall–Kier alpha value is -2.79. The lowest BCUT2D eigenvalue weighted by Gasteiger charge is -2.33. The predicted octanol–water partition coefficient (Wildman–Crippen LogP) is 3.72. The normalized spacial score (nSPS) is 17.0. The second kappa shape index (κ2) is 8.48. The molecule has 0 aliphatic carbocycles. The van der Waals surface area contributed by atoms with E-state index in [1.54, 1.807) is 0 Å². The molecule has 0 saturated carbocycles. The third-order valence-corrected chi connectivity index (χ3v) is 5.23. The number of aromatic nitrogens is 1. The lowest BCUT2D eigenvalue weighted by molar-refractivity contribution is -0.139. The van der Waals surface area contributed by atoms with Crippen LogP contribution in [0.25, 0.3) is 10.9 Å². The molecule has 1 amide bonds. The fraction of sp³-hybridized carbons (Fsp3) is 0.348. The summed E-state index contributed by atoms with van der Waals surface area (Å²) in [4.78, 5) is 17.9. The Morgan fingerprint density at radius 1 is 1.21 bits per heavy atom. The van der Waals surface area contributed by atoms with E-state index >= 15 is 0 Å². The number of ether oxygens (including phenoxy) is 2. The molecule has 2 aromatic carbocycles. The van der Waals surface area contributed by atoms with Crippen LogP contribution in [0.5, 0.6) is 5.75 Å². The van der Waals surface area contributed by atoms with Gasteiger partial charge < -0.3 is 19.4 Å². The number of benzene rings is 2. The topological polar surface area (TPSA) is 54.6 Å². The quantitative estimate of drug-likeness (QED) is 0.711. The van der Waals surface area contributed by atoms with E-state index in [1.807, 2.05) is 54.4 Å². The van der Waals surface area contributed by atoms with Crippen molar-refractivity contribution < 1.29 is 14.3 Å². The van der Waals surface area contributed by atoms with Gasteiger partial charge in [0.1, 0.15) is 18.5 Å². The maximum absolute atomic E-state index is 12.7. The van der Waals surface area contributed by atoms with E-state index < -0.39 is 0 Å². The molecule has 0 radical (unpaired) electrons. The molecular formula is C23H26N2O3. The van der Waals surface area contributed by atoms with Gasteiger partial charge in [-0.05, 0) is 37.1 Å². The monoisotopic (exact) mass is 378 g/mol. The number of aryl methyl sites for hydroxylation is 2. The largest absolute Gasteiger partial charge is 0.491 e.